The van der Waals surface area contributed by atoms with Crippen LogP contribution in [0.2, 0.25) is 0 Å². The molecular formula is C15H17N3O. The molecule has 2 aromatic rings. The van der Waals surface area contributed by atoms with E-state index in [1.54, 1.807) is 18.3 Å². The van der Waals surface area contributed by atoms with Gasteiger partial charge in [-0.2, -0.15) is 0 Å². The van der Waals surface area contributed by atoms with E-state index >= 15 is 0 Å². The molecule has 1 amide bonds. The third-order valence-electron chi connectivity index (χ3n) is 2.98. The summed E-state index contributed by atoms with van der Waals surface area (Å²) in [6.45, 7) is 2.79. The molecule has 0 bridgehead atoms. The summed E-state index contributed by atoms with van der Waals surface area (Å²) < 4.78 is 0. The van der Waals surface area contributed by atoms with Crippen LogP contribution in [0.3, 0.4) is 0 Å². The Labute approximate surface area is 112 Å². The Hall–Kier alpha value is -2.20. The van der Waals surface area contributed by atoms with Gasteiger partial charge in [0, 0.05) is 24.3 Å². The molecule has 2 rings (SSSR count). The Kier molecular flexibility index (Phi) is 4.26. The Balaban J connectivity index is 1.93. The van der Waals surface area contributed by atoms with Gasteiger partial charge in [-0.15, -0.1) is 0 Å². The maximum atomic E-state index is 11.0. The SMILES string of the molecule is C[C@@H](NCc1ccc(C(N)=O)cc1)c1ccccn1. The van der Waals surface area contributed by atoms with E-state index in [0.717, 1.165) is 17.8 Å². The molecule has 0 unspecified atom stereocenters. The van der Waals surface area contributed by atoms with Crippen molar-refractivity contribution < 1.29 is 4.79 Å². The van der Waals surface area contributed by atoms with Gasteiger partial charge in [-0.05, 0) is 36.8 Å². The Bertz CT molecular complexity index is 537. The third-order valence-corrected chi connectivity index (χ3v) is 2.98. The molecule has 0 radical (unpaired) electrons. The zero-order valence-electron chi connectivity index (χ0n) is 10.8. The van der Waals surface area contributed by atoms with E-state index in [2.05, 4.69) is 17.2 Å². The van der Waals surface area contributed by atoms with Gasteiger partial charge in [0.2, 0.25) is 5.91 Å². The van der Waals surface area contributed by atoms with E-state index in [-0.39, 0.29) is 6.04 Å². The number of hydrogen-bond acceptors (Lipinski definition) is 3. The van der Waals surface area contributed by atoms with Crippen LogP contribution in [0.15, 0.2) is 48.7 Å². The molecule has 3 N–H and O–H groups in total. The number of primary amides is 1. The smallest absolute Gasteiger partial charge is 0.248 e. The number of amides is 1. The topological polar surface area (TPSA) is 68.0 Å². The van der Waals surface area contributed by atoms with Crippen LogP contribution in [-0.4, -0.2) is 10.9 Å². The van der Waals surface area contributed by atoms with Gasteiger partial charge in [0.15, 0.2) is 0 Å². The van der Waals surface area contributed by atoms with Crippen molar-refractivity contribution in [3.05, 3.63) is 65.5 Å². The quantitative estimate of drug-likeness (QED) is 0.859. The molecule has 0 spiro atoms. The number of hydrogen-bond donors (Lipinski definition) is 2. The van der Waals surface area contributed by atoms with Crippen molar-refractivity contribution in [2.45, 2.75) is 19.5 Å². The van der Waals surface area contributed by atoms with E-state index in [1.165, 1.54) is 0 Å². The van der Waals surface area contributed by atoms with E-state index in [4.69, 9.17) is 5.73 Å². The second kappa shape index (κ2) is 6.11. The van der Waals surface area contributed by atoms with E-state index in [1.807, 2.05) is 30.3 Å². The number of nitrogens with one attached hydrogen (secondary N) is 1. The minimum absolute atomic E-state index is 0.178. The first-order valence-corrected chi connectivity index (χ1v) is 6.20. The number of rotatable bonds is 5. The molecule has 0 saturated carbocycles. The fourth-order valence-corrected chi connectivity index (χ4v) is 1.79. The predicted molar refractivity (Wildman–Crippen MR) is 74.5 cm³/mol. The zero-order chi connectivity index (χ0) is 13.7. The van der Waals surface area contributed by atoms with Gasteiger partial charge < -0.3 is 11.1 Å². The molecule has 1 atom stereocenters. The number of carbonyl (C=O) groups is 1. The molecule has 0 aliphatic heterocycles. The lowest BCUT2D eigenvalue weighted by molar-refractivity contribution is 0.100. The number of pyridine rings is 1. The van der Waals surface area contributed by atoms with Gasteiger partial charge in [0.05, 0.1) is 5.69 Å². The van der Waals surface area contributed by atoms with E-state index in [9.17, 15) is 4.79 Å². The molecule has 4 heteroatoms. The highest BCUT2D eigenvalue weighted by Crippen LogP contribution is 2.10. The molecule has 19 heavy (non-hydrogen) atoms. The Morgan fingerprint density at radius 3 is 2.58 bits per heavy atom. The van der Waals surface area contributed by atoms with Crippen molar-refractivity contribution in [2.75, 3.05) is 0 Å². The molecule has 0 aliphatic carbocycles. The standard InChI is InChI=1S/C15H17N3O/c1-11(14-4-2-3-9-17-14)18-10-12-5-7-13(8-6-12)15(16)19/h2-9,11,18H,10H2,1H3,(H2,16,19)/t11-/m1/s1. The number of carbonyl (C=O) groups excluding carboxylic acids is 1. The normalized spacial score (nSPS) is 12.1. The average Bonchev–Trinajstić information content (AvgIpc) is 2.46. The molecule has 1 aromatic heterocycles. The van der Waals surface area contributed by atoms with Crippen molar-refractivity contribution >= 4 is 5.91 Å². The van der Waals surface area contributed by atoms with Crippen LogP contribution in [0, 0.1) is 0 Å². The summed E-state index contributed by atoms with van der Waals surface area (Å²) in [5.74, 6) is -0.402. The van der Waals surface area contributed by atoms with Gasteiger partial charge in [-0.3, -0.25) is 9.78 Å². The lowest BCUT2D eigenvalue weighted by atomic mass is 10.1. The van der Waals surface area contributed by atoms with Crippen LogP contribution in [0.25, 0.3) is 0 Å². The molecule has 0 fully saturated rings. The van der Waals surface area contributed by atoms with Crippen molar-refractivity contribution in [1.29, 1.82) is 0 Å². The second-order valence-electron chi connectivity index (χ2n) is 4.42. The Morgan fingerprint density at radius 2 is 2.00 bits per heavy atom. The van der Waals surface area contributed by atoms with Crippen molar-refractivity contribution in [3.63, 3.8) is 0 Å². The largest absolute Gasteiger partial charge is 0.366 e. The lowest BCUT2D eigenvalue weighted by Gasteiger charge is -2.13. The van der Waals surface area contributed by atoms with Crippen LogP contribution in [0.4, 0.5) is 0 Å². The summed E-state index contributed by atoms with van der Waals surface area (Å²) in [6, 6.07) is 13.3. The molecule has 1 heterocycles. The van der Waals surface area contributed by atoms with Crippen molar-refractivity contribution in [3.8, 4) is 0 Å². The summed E-state index contributed by atoms with van der Waals surface area (Å²) in [5, 5.41) is 3.39. The van der Waals surface area contributed by atoms with Gasteiger partial charge in [-0.25, -0.2) is 0 Å². The fraction of sp³-hybridized carbons (Fsp3) is 0.200. The van der Waals surface area contributed by atoms with Crippen molar-refractivity contribution in [1.82, 2.24) is 10.3 Å². The summed E-state index contributed by atoms with van der Waals surface area (Å²) in [6.07, 6.45) is 1.79. The fourth-order valence-electron chi connectivity index (χ4n) is 1.79. The van der Waals surface area contributed by atoms with Crippen molar-refractivity contribution in [2.24, 2.45) is 5.73 Å². The maximum absolute atomic E-state index is 11.0. The first-order valence-electron chi connectivity index (χ1n) is 6.20. The summed E-state index contributed by atoms with van der Waals surface area (Å²) in [7, 11) is 0. The summed E-state index contributed by atoms with van der Waals surface area (Å²) in [5.41, 5.74) is 7.84. The third kappa shape index (κ3) is 3.63. The molecule has 4 nitrogen and oxygen atoms in total. The predicted octanol–water partition coefficient (Wildman–Crippen LogP) is 2.03. The first-order chi connectivity index (χ1) is 9.16. The van der Waals surface area contributed by atoms with Crippen LogP contribution in [0.1, 0.15) is 34.6 Å². The second-order valence-corrected chi connectivity index (χ2v) is 4.42. The van der Waals surface area contributed by atoms with Gasteiger partial charge >= 0.3 is 0 Å². The van der Waals surface area contributed by atoms with E-state index < -0.39 is 5.91 Å². The van der Waals surface area contributed by atoms with Gasteiger partial charge in [0.25, 0.3) is 0 Å². The average molecular weight is 255 g/mol. The van der Waals surface area contributed by atoms with Crippen LogP contribution >= 0.6 is 0 Å². The highest BCUT2D eigenvalue weighted by molar-refractivity contribution is 5.92. The van der Waals surface area contributed by atoms with Crippen LogP contribution < -0.4 is 11.1 Å². The number of nitrogens with zero attached hydrogens (tertiary/aromatic N) is 1. The number of benzene rings is 1. The first kappa shape index (κ1) is 13.2. The van der Waals surface area contributed by atoms with Crippen LogP contribution in [0.5, 0.6) is 0 Å². The highest BCUT2D eigenvalue weighted by atomic mass is 16.1. The summed E-state index contributed by atoms with van der Waals surface area (Å²) in [4.78, 5) is 15.3. The minimum atomic E-state index is -0.402. The highest BCUT2D eigenvalue weighted by Gasteiger charge is 2.05. The number of nitrogens with two attached hydrogens (primary N) is 1. The van der Waals surface area contributed by atoms with E-state index in [0.29, 0.717) is 5.56 Å². The number of aromatic nitrogens is 1. The van der Waals surface area contributed by atoms with Gasteiger partial charge in [-0.1, -0.05) is 18.2 Å². The molecule has 1 aromatic carbocycles. The zero-order valence-corrected chi connectivity index (χ0v) is 10.8. The molecule has 0 aliphatic rings. The maximum Gasteiger partial charge on any atom is 0.248 e. The van der Waals surface area contributed by atoms with Crippen LogP contribution in [-0.2, 0) is 6.54 Å². The molecular weight excluding hydrogens is 238 g/mol. The monoisotopic (exact) mass is 255 g/mol. The lowest BCUT2D eigenvalue weighted by Crippen LogP contribution is -2.19. The minimum Gasteiger partial charge on any atom is -0.366 e. The molecule has 0 saturated heterocycles. The Morgan fingerprint density at radius 1 is 1.26 bits per heavy atom. The molecule has 98 valence electrons. The van der Waals surface area contributed by atoms with Gasteiger partial charge in [0.1, 0.15) is 0 Å². The summed E-state index contributed by atoms with van der Waals surface area (Å²) >= 11 is 0.